The Balaban J connectivity index is 1.59. The van der Waals surface area contributed by atoms with Crippen LogP contribution < -0.4 is 14.9 Å². The number of rotatable bonds is 7. The lowest BCUT2D eigenvalue weighted by Crippen LogP contribution is -2.28. The Labute approximate surface area is 164 Å². The quantitative estimate of drug-likeness (QED) is 0.579. The van der Waals surface area contributed by atoms with Gasteiger partial charge in [0.25, 0.3) is 5.91 Å². The molecule has 0 fully saturated rings. The van der Waals surface area contributed by atoms with E-state index in [1.165, 1.54) is 5.56 Å². The fourth-order valence-corrected chi connectivity index (χ4v) is 3.49. The summed E-state index contributed by atoms with van der Waals surface area (Å²) >= 11 is 1.59. The number of nitrogens with one attached hydrogen (secondary N) is 1. The van der Waals surface area contributed by atoms with Crippen molar-refractivity contribution in [1.29, 1.82) is 0 Å². The summed E-state index contributed by atoms with van der Waals surface area (Å²) in [5.74, 6) is 2.16. The highest BCUT2D eigenvalue weighted by atomic mass is 32.2. The molecule has 1 amide bonds. The first kappa shape index (κ1) is 19.3. The van der Waals surface area contributed by atoms with Crippen molar-refractivity contribution in [1.82, 2.24) is 5.43 Å². The molecule has 27 heavy (non-hydrogen) atoms. The highest BCUT2D eigenvalue weighted by molar-refractivity contribution is 7.99. The minimum atomic E-state index is -0.188. The zero-order chi connectivity index (χ0) is 19.1. The molecule has 0 aromatic heterocycles. The first-order chi connectivity index (χ1) is 13.2. The summed E-state index contributed by atoms with van der Waals surface area (Å²) in [7, 11) is 0. The standard InChI is InChI=1S/C21H24N2O3S/c1-3-18(17-9-10-19-20(13-17)26-12-11-25-19)22-23-21(24)15(2)27-14-16-7-5-4-6-8-16/h4-10,13,15H,3,11-12,14H2,1-2H3,(H,23,24)/b22-18-/t15-/m0/s1. The molecular formula is C21H24N2O3S. The fraction of sp³-hybridized carbons (Fsp3) is 0.333. The van der Waals surface area contributed by atoms with Crippen LogP contribution in [0.1, 0.15) is 31.4 Å². The van der Waals surface area contributed by atoms with Gasteiger partial charge in [-0.05, 0) is 37.1 Å². The molecular weight excluding hydrogens is 360 g/mol. The molecule has 0 bridgehead atoms. The van der Waals surface area contributed by atoms with Gasteiger partial charge in [0.05, 0.1) is 11.0 Å². The van der Waals surface area contributed by atoms with Gasteiger partial charge in [-0.1, -0.05) is 37.3 Å². The number of fused-ring (bicyclic) bond motifs is 1. The lowest BCUT2D eigenvalue weighted by atomic mass is 10.1. The number of hydrazone groups is 1. The Morgan fingerprint density at radius 3 is 2.63 bits per heavy atom. The average molecular weight is 385 g/mol. The van der Waals surface area contributed by atoms with Crippen LogP contribution in [0, 0.1) is 0 Å². The molecule has 6 heteroatoms. The number of ether oxygens (including phenoxy) is 2. The van der Waals surface area contributed by atoms with Gasteiger partial charge in [-0.2, -0.15) is 5.10 Å². The van der Waals surface area contributed by atoms with Crippen LogP contribution in [0.5, 0.6) is 11.5 Å². The molecule has 2 aromatic rings. The molecule has 1 atom stereocenters. The maximum Gasteiger partial charge on any atom is 0.252 e. The number of hydrogen-bond donors (Lipinski definition) is 1. The molecule has 0 unspecified atom stereocenters. The highest BCUT2D eigenvalue weighted by Gasteiger charge is 2.15. The van der Waals surface area contributed by atoms with Crippen LogP contribution in [0.15, 0.2) is 53.6 Å². The first-order valence-electron chi connectivity index (χ1n) is 9.09. The Morgan fingerprint density at radius 1 is 1.15 bits per heavy atom. The van der Waals surface area contributed by atoms with Gasteiger partial charge in [0.15, 0.2) is 11.5 Å². The van der Waals surface area contributed by atoms with Crippen molar-refractivity contribution in [2.24, 2.45) is 5.10 Å². The fourth-order valence-electron chi connectivity index (χ4n) is 2.66. The van der Waals surface area contributed by atoms with E-state index >= 15 is 0 Å². The van der Waals surface area contributed by atoms with Gasteiger partial charge in [-0.15, -0.1) is 11.8 Å². The molecule has 3 rings (SSSR count). The molecule has 1 N–H and O–H groups in total. The van der Waals surface area contributed by atoms with Gasteiger partial charge in [-0.25, -0.2) is 5.43 Å². The van der Waals surface area contributed by atoms with Crippen molar-refractivity contribution in [3.63, 3.8) is 0 Å². The Kier molecular flexibility index (Phi) is 6.76. The van der Waals surface area contributed by atoms with E-state index in [4.69, 9.17) is 9.47 Å². The van der Waals surface area contributed by atoms with E-state index in [9.17, 15) is 4.79 Å². The van der Waals surface area contributed by atoms with E-state index in [2.05, 4.69) is 22.7 Å². The summed E-state index contributed by atoms with van der Waals surface area (Å²) in [5.41, 5.74) is 5.64. The maximum atomic E-state index is 12.4. The van der Waals surface area contributed by atoms with Crippen LogP contribution in [-0.4, -0.2) is 30.1 Å². The van der Waals surface area contributed by atoms with Gasteiger partial charge in [0, 0.05) is 11.3 Å². The monoisotopic (exact) mass is 384 g/mol. The van der Waals surface area contributed by atoms with Gasteiger partial charge in [-0.3, -0.25) is 4.79 Å². The zero-order valence-electron chi connectivity index (χ0n) is 15.6. The number of amides is 1. The second kappa shape index (κ2) is 9.46. The normalized spacial score (nSPS) is 14.5. The number of carbonyl (C=O) groups is 1. The summed E-state index contributed by atoms with van der Waals surface area (Å²) in [6.07, 6.45) is 0.700. The van der Waals surface area contributed by atoms with E-state index < -0.39 is 0 Å². The largest absolute Gasteiger partial charge is 0.486 e. The van der Waals surface area contributed by atoms with Crippen molar-refractivity contribution in [3.05, 3.63) is 59.7 Å². The third-order valence-electron chi connectivity index (χ3n) is 4.22. The molecule has 0 radical (unpaired) electrons. The molecule has 2 aromatic carbocycles. The molecule has 5 nitrogen and oxygen atoms in total. The minimum Gasteiger partial charge on any atom is -0.486 e. The zero-order valence-corrected chi connectivity index (χ0v) is 16.4. The van der Waals surface area contributed by atoms with E-state index in [0.29, 0.717) is 19.6 Å². The van der Waals surface area contributed by atoms with Gasteiger partial charge in [0.2, 0.25) is 0 Å². The summed E-state index contributed by atoms with van der Waals surface area (Å²) in [6.45, 7) is 5.02. The Hall–Kier alpha value is -2.47. The molecule has 1 heterocycles. The van der Waals surface area contributed by atoms with Crippen LogP contribution >= 0.6 is 11.8 Å². The SMILES string of the molecule is CC/C(=N/NC(=O)[C@H](C)SCc1ccccc1)c1ccc2c(c1)OCCO2. The highest BCUT2D eigenvalue weighted by Crippen LogP contribution is 2.31. The van der Waals surface area contributed by atoms with Crippen molar-refractivity contribution >= 4 is 23.4 Å². The van der Waals surface area contributed by atoms with E-state index in [1.54, 1.807) is 11.8 Å². The Bertz CT molecular complexity index is 808. The van der Waals surface area contributed by atoms with E-state index in [-0.39, 0.29) is 11.2 Å². The van der Waals surface area contributed by atoms with Crippen molar-refractivity contribution in [2.75, 3.05) is 13.2 Å². The van der Waals surface area contributed by atoms with Crippen LogP contribution in [0.25, 0.3) is 0 Å². The lowest BCUT2D eigenvalue weighted by molar-refractivity contribution is -0.120. The van der Waals surface area contributed by atoms with Crippen molar-refractivity contribution in [3.8, 4) is 11.5 Å². The topological polar surface area (TPSA) is 59.9 Å². The van der Waals surface area contributed by atoms with Gasteiger partial charge in [0.1, 0.15) is 13.2 Å². The third-order valence-corrected chi connectivity index (χ3v) is 5.44. The maximum absolute atomic E-state index is 12.4. The summed E-state index contributed by atoms with van der Waals surface area (Å²) in [6, 6.07) is 15.9. The molecule has 0 saturated carbocycles. The molecule has 142 valence electrons. The molecule has 0 aliphatic carbocycles. The second-order valence-electron chi connectivity index (χ2n) is 6.19. The van der Waals surface area contributed by atoms with Gasteiger partial charge >= 0.3 is 0 Å². The van der Waals surface area contributed by atoms with Crippen molar-refractivity contribution in [2.45, 2.75) is 31.3 Å². The number of thioether (sulfide) groups is 1. The van der Waals surface area contributed by atoms with Crippen LogP contribution in [0.2, 0.25) is 0 Å². The predicted octanol–water partition coefficient (Wildman–Crippen LogP) is 4.01. The number of benzene rings is 2. The predicted molar refractivity (Wildman–Crippen MR) is 110 cm³/mol. The summed E-state index contributed by atoms with van der Waals surface area (Å²) < 4.78 is 11.2. The molecule has 0 spiro atoms. The number of carbonyl (C=O) groups excluding carboxylic acids is 1. The summed E-state index contributed by atoms with van der Waals surface area (Å²) in [5, 5.41) is 4.16. The van der Waals surface area contributed by atoms with Gasteiger partial charge < -0.3 is 9.47 Å². The van der Waals surface area contributed by atoms with E-state index in [1.807, 2.05) is 50.2 Å². The van der Waals surface area contributed by atoms with E-state index in [0.717, 1.165) is 28.5 Å². The summed E-state index contributed by atoms with van der Waals surface area (Å²) in [4.78, 5) is 12.4. The Morgan fingerprint density at radius 2 is 1.89 bits per heavy atom. The molecule has 1 aliphatic heterocycles. The van der Waals surface area contributed by atoms with Crippen LogP contribution in [0.4, 0.5) is 0 Å². The molecule has 1 aliphatic rings. The third kappa shape index (κ3) is 5.26. The average Bonchev–Trinajstić information content (AvgIpc) is 2.73. The molecule has 0 saturated heterocycles. The van der Waals surface area contributed by atoms with Crippen LogP contribution in [-0.2, 0) is 10.5 Å². The second-order valence-corrected chi connectivity index (χ2v) is 7.51. The smallest absolute Gasteiger partial charge is 0.252 e. The van der Waals surface area contributed by atoms with Crippen molar-refractivity contribution < 1.29 is 14.3 Å². The van der Waals surface area contributed by atoms with Crippen LogP contribution in [0.3, 0.4) is 0 Å². The first-order valence-corrected chi connectivity index (χ1v) is 10.1. The minimum absolute atomic E-state index is 0.0978. The lowest BCUT2D eigenvalue weighted by Gasteiger charge is -2.19. The number of hydrogen-bond acceptors (Lipinski definition) is 5. The number of nitrogens with zero attached hydrogens (tertiary/aromatic N) is 1.